The Labute approximate surface area is 178 Å². The molecular formula is C24H30N2O4. The molecule has 2 amide bonds. The molecule has 1 fully saturated rings. The van der Waals surface area contributed by atoms with Crippen molar-refractivity contribution < 1.29 is 19.1 Å². The predicted octanol–water partition coefficient (Wildman–Crippen LogP) is 4.13. The van der Waals surface area contributed by atoms with E-state index >= 15 is 0 Å². The molecule has 0 spiro atoms. The summed E-state index contributed by atoms with van der Waals surface area (Å²) in [5.74, 6) is 0.577. The number of amides is 2. The van der Waals surface area contributed by atoms with Gasteiger partial charge in [0.05, 0.1) is 17.4 Å². The summed E-state index contributed by atoms with van der Waals surface area (Å²) in [5.41, 5.74) is 2.13. The van der Waals surface area contributed by atoms with Crippen LogP contribution in [0.1, 0.15) is 54.9 Å². The highest BCUT2D eigenvalue weighted by molar-refractivity contribution is 6.04. The third-order valence-corrected chi connectivity index (χ3v) is 5.39. The molecule has 160 valence electrons. The molecule has 0 radical (unpaired) electrons. The van der Waals surface area contributed by atoms with Crippen LogP contribution in [-0.4, -0.2) is 37.7 Å². The molecule has 2 N–H and O–H groups in total. The minimum Gasteiger partial charge on any atom is -0.484 e. The number of rotatable bonds is 9. The van der Waals surface area contributed by atoms with Gasteiger partial charge in [-0.2, -0.15) is 0 Å². The van der Waals surface area contributed by atoms with E-state index in [1.54, 1.807) is 24.3 Å². The Morgan fingerprint density at radius 3 is 2.63 bits per heavy atom. The van der Waals surface area contributed by atoms with E-state index in [9.17, 15) is 9.59 Å². The van der Waals surface area contributed by atoms with Gasteiger partial charge in [0.25, 0.3) is 11.8 Å². The lowest BCUT2D eigenvalue weighted by Gasteiger charge is -2.14. The van der Waals surface area contributed by atoms with Crippen LogP contribution in [-0.2, 0) is 9.53 Å². The molecule has 6 heteroatoms. The van der Waals surface area contributed by atoms with E-state index in [1.165, 1.54) is 5.56 Å². The van der Waals surface area contributed by atoms with Crippen LogP contribution in [0, 0.1) is 0 Å². The van der Waals surface area contributed by atoms with Crippen molar-refractivity contribution >= 4 is 17.5 Å². The molecule has 0 aliphatic carbocycles. The average Bonchev–Trinajstić information content (AvgIpc) is 3.30. The van der Waals surface area contributed by atoms with Crippen molar-refractivity contribution in [1.82, 2.24) is 5.32 Å². The van der Waals surface area contributed by atoms with Gasteiger partial charge in [-0.25, -0.2) is 0 Å². The minimum atomic E-state index is -0.319. The highest BCUT2D eigenvalue weighted by Gasteiger charge is 2.18. The van der Waals surface area contributed by atoms with Crippen LogP contribution in [0.25, 0.3) is 0 Å². The zero-order valence-corrected chi connectivity index (χ0v) is 17.6. The van der Waals surface area contributed by atoms with Gasteiger partial charge in [-0.3, -0.25) is 9.59 Å². The molecule has 2 aromatic rings. The van der Waals surface area contributed by atoms with Crippen molar-refractivity contribution in [2.75, 3.05) is 25.1 Å². The topological polar surface area (TPSA) is 76.7 Å². The Hall–Kier alpha value is -2.86. The highest BCUT2D eigenvalue weighted by atomic mass is 16.5. The number of ether oxygens (including phenoxy) is 2. The lowest BCUT2D eigenvalue weighted by Crippen LogP contribution is -2.32. The van der Waals surface area contributed by atoms with E-state index in [1.807, 2.05) is 24.3 Å². The Morgan fingerprint density at radius 2 is 1.93 bits per heavy atom. The number of hydrogen-bond donors (Lipinski definition) is 2. The van der Waals surface area contributed by atoms with Crippen LogP contribution in [0.5, 0.6) is 5.75 Å². The molecule has 6 nitrogen and oxygen atoms in total. The zero-order valence-electron chi connectivity index (χ0n) is 17.6. The summed E-state index contributed by atoms with van der Waals surface area (Å²) < 4.78 is 11.1. The van der Waals surface area contributed by atoms with E-state index in [-0.39, 0.29) is 24.5 Å². The second kappa shape index (κ2) is 10.8. The van der Waals surface area contributed by atoms with E-state index in [0.717, 1.165) is 25.9 Å². The number of anilines is 1. The monoisotopic (exact) mass is 410 g/mol. The van der Waals surface area contributed by atoms with Gasteiger partial charge in [-0.05, 0) is 55.0 Å². The predicted molar refractivity (Wildman–Crippen MR) is 117 cm³/mol. The van der Waals surface area contributed by atoms with Crippen molar-refractivity contribution in [1.29, 1.82) is 0 Å². The summed E-state index contributed by atoms with van der Waals surface area (Å²) in [7, 11) is 0. The summed E-state index contributed by atoms with van der Waals surface area (Å²) in [6.07, 6.45) is 3.11. The van der Waals surface area contributed by atoms with E-state index in [0.29, 0.717) is 29.5 Å². The van der Waals surface area contributed by atoms with Gasteiger partial charge in [0.2, 0.25) is 0 Å². The van der Waals surface area contributed by atoms with Crippen LogP contribution in [0.2, 0.25) is 0 Å². The third kappa shape index (κ3) is 6.07. The molecule has 1 aliphatic rings. The SMILES string of the molecule is CCC(C)c1ccc(OCC(=O)Nc2ccccc2C(=O)NCC2CCCO2)cc1. The maximum atomic E-state index is 12.5. The second-order valence-electron chi connectivity index (χ2n) is 7.61. The maximum absolute atomic E-state index is 12.5. The summed E-state index contributed by atoms with van der Waals surface area (Å²) in [6.45, 7) is 5.41. The fourth-order valence-electron chi connectivity index (χ4n) is 3.36. The van der Waals surface area contributed by atoms with Crippen LogP contribution in [0.4, 0.5) is 5.69 Å². The van der Waals surface area contributed by atoms with Gasteiger partial charge in [0.1, 0.15) is 5.75 Å². The first-order valence-corrected chi connectivity index (χ1v) is 10.6. The van der Waals surface area contributed by atoms with Gasteiger partial charge in [-0.1, -0.05) is 38.1 Å². The van der Waals surface area contributed by atoms with Crippen LogP contribution in [0.3, 0.4) is 0 Å². The lowest BCUT2D eigenvalue weighted by molar-refractivity contribution is -0.118. The summed E-state index contributed by atoms with van der Waals surface area (Å²) in [6, 6.07) is 14.7. The molecule has 30 heavy (non-hydrogen) atoms. The molecule has 0 bridgehead atoms. The number of carbonyl (C=O) groups excluding carboxylic acids is 2. The Balaban J connectivity index is 1.52. The van der Waals surface area contributed by atoms with E-state index in [4.69, 9.17) is 9.47 Å². The Morgan fingerprint density at radius 1 is 1.17 bits per heavy atom. The van der Waals surface area contributed by atoms with Crippen molar-refractivity contribution in [3.05, 3.63) is 59.7 Å². The number of hydrogen-bond acceptors (Lipinski definition) is 4. The Kier molecular flexibility index (Phi) is 7.85. The smallest absolute Gasteiger partial charge is 0.262 e. The molecule has 2 unspecified atom stereocenters. The molecular weight excluding hydrogens is 380 g/mol. The van der Waals surface area contributed by atoms with Crippen molar-refractivity contribution in [3.63, 3.8) is 0 Å². The molecule has 1 saturated heterocycles. The van der Waals surface area contributed by atoms with Crippen LogP contribution >= 0.6 is 0 Å². The Bertz CT molecular complexity index is 845. The maximum Gasteiger partial charge on any atom is 0.262 e. The number of nitrogens with one attached hydrogen (secondary N) is 2. The number of carbonyl (C=O) groups is 2. The van der Waals surface area contributed by atoms with E-state index in [2.05, 4.69) is 24.5 Å². The van der Waals surface area contributed by atoms with Gasteiger partial charge >= 0.3 is 0 Å². The van der Waals surface area contributed by atoms with Crippen LogP contribution < -0.4 is 15.4 Å². The largest absolute Gasteiger partial charge is 0.484 e. The highest BCUT2D eigenvalue weighted by Crippen LogP contribution is 2.21. The lowest BCUT2D eigenvalue weighted by atomic mass is 9.99. The molecule has 1 aliphatic heterocycles. The first-order chi connectivity index (χ1) is 14.6. The molecule has 3 rings (SSSR count). The molecule has 2 aromatic carbocycles. The minimum absolute atomic E-state index is 0.0656. The van der Waals surface area contributed by atoms with Gasteiger partial charge in [0, 0.05) is 13.2 Å². The van der Waals surface area contributed by atoms with Gasteiger partial charge < -0.3 is 20.1 Å². The van der Waals surface area contributed by atoms with Crippen LogP contribution in [0.15, 0.2) is 48.5 Å². The van der Waals surface area contributed by atoms with Gasteiger partial charge in [0.15, 0.2) is 6.61 Å². The molecule has 0 aromatic heterocycles. The fraction of sp³-hybridized carbons (Fsp3) is 0.417. The van der Waals surface area contributed by atoms with Crippen molar-refractivity contribution in [3.8, 4) is 5.75 Å². The normalized spacial score (nSPS) is 16.7. The molecule has 2 atom stereocenters. The van der Waals surface area contributed by atoms with Crippen molar-refractivity contribution in [2.24, 2.45) is 0 Å². The fourth-order valence-corrected chi connectivity index (χ4v) is 3.36. The van der Waals surface area contributed by atoms with E-state index < -0.39 is 0 Å². The summed E-state index contributed by atoms with van der Waals surface area (Å²) >= 11 is 0. The summed E-state index contributed by atoms with van der Waals surface area (Å²) in [4.78, 5) is 24.9. The quantitative estimate of drug-likeness (QED) is 0.652. The first kappa shape index (κ1) is 21.8. The molecule has 1 heterocycles. The number of benzene rings is 2. The average molecular weight is 411 g/mol. The number of para-hydroxylation sites is 1. The second-order valence-corrected chi connectivity index (χ2v) is 7.61. The van der Waals surface area contributed by atoms with Crippen molar-refractivity contribution in [2.45, 2.75) is 45.1 Å². The van der Waals surface area contributed by atoms with Gasteiger partial charge in [-0.15, -0.1) is 0 Å². The third-order valence-electron chi connectivity index (χ3n) is 5.39. The standard InChI is InChI=1S/C24H30N2O4/c1-3-17(2)18-10-12-19(13-11-18)30-16-23(27)26-22-9-5-4-8-21(22)24(28)25-15-20-7-6-14-29-20/h4-5,8-13,17,20H,3,6-7,14-16H2,1-2H3,(H,25,28)(H,26,27). The molecule has 0 saturated carbocycles. The zero-order chi connectivity index (χ0) is 21.3. The first-order valence-electron chi connectivity index (χ1n) is 10.6. The summed E-state index contributed by atoms with van der Waals surface area (Å²) in [5, 5.41) is 5.66.